The number of anilines is 1. The quantitative estimate of drug-likeness (QED) is 0.818. The highest BCUT2D eigenvalue weighted by molar-refractivity contribution is 7.80. The Hall–Kier alpha value is -2.28. The van der Waals surface area contributed by atoms with Crippen molar-refractivity contribution in [1.29, 1.82) is 0 Å². The molecule has 122 valence electrons. The van der Waals surface area contributed by atoms with Crippen molar-refractivity contribution in [1.82, 2.24) is 5.32 Å². The molecular weight excluding hydrogens is 325 g/mol. The number of rotatable bonds is 4. The topological polar surface area (TPSA) is 33.3 Å². The van der Waals surface area contributed by atoms with E-state index in [1.54, 1.807) is 7.11 Å². The summed E-state index contributed by atoms with van der Waals surface area (Å²) >= 11 is 5.11. The lowest BCUT2D eigenvalue weighted by atomic mass is 10.2. The number of alkyl halides is 3. The lowest BCUT2D eigenvalue weighted by Crippen LogP contribution is -2.28. The molecule has 0 saturated carbocycles. The zero-order chi connectivity index (χ0) is 16.9. The Morgan fingerprint density at radius 3 is 2.57 bits per heavy atom. The van der Waals surface area contributed by atoms with Gasteiger partial charge >= 0.3 is 6.18 Å². The summed E-state index contributed by atoms with van der Waals surface area (Å²) in [4.78, 5) is 0. The molecule has 0 fully saturated rings. The van der Waals surface area contributed by atoms with E-state index in [2.05, 4.69) is 10.6 Å². The minimum atomic E-state index is -4.38. The number of ether oxygens (including phenoxy) is 1. The van der Waals surface area contributed by atoms with Crippen molar-refractivity contribution in [3.8, 4) is 5.75 Å². The minimum Gasteiger partial charge on any atom is -0.496 e. The SMILES string of the molecule is COc1ccccc1CNC(=S)Nc1cccc(C(F)(F)F)c1. The molecule has 0 aliphatic heterocycles. The van der Waals surface area contributed by atoms with Crippen LogP contribution in [-0.2, 0) is 12.7 Å². The van der Waals surface area contributed by atoms with E-state index in [1.807, 2.05) is 24.3 Å². The fourth-order valence-corrected chi connectivity index (χ4v) is 2.16. The van der Waals surface area contributed by atoms with E-state index in [4.69, 9.17) is 17.0 Å². The van der Waals surface area contributed by atoms with Crippen molar-refractivity contribution < 1.29 is 17.9 Å². The lowest BCUT2D eigenvalue weighted by Gasteiger charge is -2.14. The van der Waals surface area contributed by atoms with Crippen LogP contribution in [-0.4, -0.2) is 12.2 Å². The Morgan fingerprint density at radius 1 is 1.13 bits per heavy atom. The second-order valence-corrected chi connectivity index (χ2v) is 5.11. The first kappa shape index (κ1) is 17.1. The third-order valence-electron chi connectivity index (χ3n) is 3.08. The van der Waals surface area contributed by atoms with Crippen molar-refractivity contribution in [2.24, 2.45) is 0 Å². The second-order valence-electron chi connectivity index (χ2n) is 4.70. The van der Waals surface area contributed by atoms with Gasteiger partial charge in [0.25, 0.3) is 0 Å². The van der Waals surface area contributed by atoms with Crippen molar-refractivity contribution in [2.75, 3.05) is 12.4 Å². The van der Waals surface area contributed by atoms with Crippen LogP contribution < -0.4 is 15.4 Å². The van der Waals surface area contributed by atoms with Gasteiger partial charge in [0.2, 0.25) is 0 Å². The van der Waals surface area contributed by atoms with E-state index < -0.39 is 11.7 Å². The van der Waals surface area contributed by atoms with Gasteiger partial charge in [-0.1, -0.05) is 24.3 Å². The van der Waals surface area contributed by atoms with Gasteiger partial charge in [-0.15, -0.1) is 0 Å². The van der Waals surface area contributed by atoms with E-state index in [1.165, 1.54) is 12.1 Å². The number of thiocarbonyl (C=S) groups is 1. The Bertz CT molecular complexity index is 689. The maximum absolute atomic E-state index is 12.7. The Kier molecular flexibility index (Phi) is 5.44. The number of hydrogen-bond acceptors (Lipinski definition) is 2. The van der Waals surface area contributed by atoms with Crippen LogP contribution in [0.15, 0.2) is 48.5 Å². The van der Waals surface area contributed by atoms with E-state index in [9.17, 15) is 13.2 Å². The number of methoxy groups -OCH3 is 1. The molecule has 0 spiro atoms. The van der Waals surface area contributed by atoms with E-state index in [0.29, 0.717) is 12.3 Å². The van der Waals surface area contributed by atoms with Gasteiger partial charge < -0.3 is 15.4 Å². The summed E-state index contributed by atoms with van der Waals surface area (Å²) in [5.74, 6) is 0.710. The molecule has 0 bridgehead atoms. The number of para-hydroxylation sites is 1. The molecule has 0 saturated heterocycles. The second kappa shape index (κ2) is 7.32. The summed E-state index contributed by atoms with van der Waals surface area (Å²) in [5, 5.41) is 5.91. The molecule has 0 atom stereocenters. The largest absolute Gasteiger partial charge is 0.496 e. The van der Waals surface area contributed by atoms with Gasteiger partial charge in [-0.3, -0.25) is 0 Å². The molecule has 3 nitrogen and oxygen atoms in total. The summed E-state index contributed by atoms with van der Waals surface area (Å²) in [6.45, 7) is 0.398. The zero-order valence-corrected chi connectivity index (χ0v) is 13.1. The zero-order valence-electron chi connectivity index (χ0n) is 12.3. The lowest BCUT2D eigenvalue weighted by molar-refractivity contribution is -0.137. The van der Waals surface area contributed by atoms with Crippen LogP contribution in [0, 0.1) is 0 Å². The summed E-state index contributed by atoms with van der Waals surface area (Å²) in [6.07, 6.45) is -4.38. The van der Waals surface area contributed by atoms with E-state index >= 15 is 0 Å². The Morgan fingerprint density at radius 2 is 1.87 bits per heavy atom. The summed E-state index contributed by atoms with van der Waals surface area (Å²) in [7, 11) is 1.57. The highest BCUT2D eigenvalue weighted by atomic mass is 32.1. The van der Waals surface area contributed by atoms with Gasteiger partial charge in [0.1, 0.15) is 5.75 Å². The highest BCUT2D eigenvalue weighted by Crippen LogP contribution is 2.30. The molecule has 0 aliphatic carbocycles. The molecule has 0 unspecified atom stereocenters. The molecule has 23 heavy (non-hydrogen) atoms. The van der Waals surface area contributed by atoms with Crippen LogP contribution in [0.5, 0.6) is 5.75 Å². The van der Waals surface area contributed by atoms with Crippen LogP contribution in [0.4, 0.5) is 18.9 Å². The minimum absolute atomic E-state index is 0.232. The predicted molar refractivity (Wildman–Crippen MR) is 87.5 cm³/mol. The fraction of sp³-hybridized carbons (Fsp3) is 0.188. The van der Waals surface area contributed by atoms with Gasteiger partial charge in [0.05, 0.1) is 12.7 Å². The number of halogens is 3. The third kappa shape index (κ3) is 4.85. The molecule has 0 radical (unpaired) electrons. The smallest absolute Gasteiger partial charge is 0.416 e. The normalized spacial score (nSPS) is 11.0. The first-order valence-corrected chi connectivity index (χ1v) is 7.15. The average molecular weight is 340 g/mol. The molecule has 2 N–H and O–H groups in total. The molecular formula is C16H15F3N2OS. The van der Waals surface area contributed by atoms with Crippen molar-refractivity contribution >= 4 is 23.0 Å². The van der Waals surface area contributed by atoms with Crippen molar-refractivity contribution in [3.05, 3.63) is 59.7 Å². The summed E-state index contributed by atoms with van der Waals surface area (Å²) in [6, 6.07) is 12.3. The number of nitrogens with one attached hydrogen (secondary N) is 2. The van der Waals surface area contributed by atoms with E-state index in [0.717, 1.165) is 17.7 Å². The fourth-order valence-electron chi connectivity index (χ4n) is 1.97. The first-order valence-electron chi connectivity index (χ1n) is 6.74. The van der Waals surface area contributed by atoms with Gasteiger partial charge in [0, 0.05) is 17.8 Å². The molecule has 0 aromatic heterocycles. The first-order chi connectivity index (χ1) is 10.9. The molecule has 0 amide bonds. The van der Waals surface area contributed by atoms with Gasteiger partial charge in [-0.2, -0.15) is 13.2 Å². The monoisotopic (exact) mass is 340 g/mol. The van der Waals surface area contributed by atoms with Gasteiger partial charge in [0.15, 0.2) is 5.11 Å². The molecule has 0 heterocycles. The predicted octanol–water partition coefficient (Wildman–Crippen LogP) is 4.20. The standard InChI is InChI=1S/C16H15F3N2OS/c1-22-14-8-3-2-5-11(14)10-20-15(23)21-13-7-4-6-12(9-13)16(17,18)19/h2-9H,10H2,1H3,(H2,20,21,23). The van der Waals surface area contributed by atoms with E-state index in [-0.39, 0.29) is 10.8 Å². The Labute approximate surface area is 137 Å². The molecule has 2 aromatic carbocycles. The van der Waals surface area contributed by atoms with Crippen LogP contribution in [0.3, 0.4) is 0 Å². The van der Waals surface area contributed by atoms with Gasteiger partial charge in [-0.25, -0.2) is 0 Å². The van der Waals surface area contributed by atoms with Crippen molar-refractivity contribution in [2.45, 2.75) is 12.7 Å². The highest BCUT2D eigenvalue weighted by Gasteiger charge is 2.30. The Balaban J connectivity index is 1.98. The summed E-state index contributed by atoms with van der Waals surface area (Å²) < 4.78 is 43.2. The molecule has 7 heteroatoms. The number of hydrogen-bond donors (Lipinski definition) is 2. The maximum Gasteiger partial charge on any atom is 0.416 e. The van der Waals surface area contributed by atoms with Crippen LogP contribution in [0.2, 0.25) is 0 Å². The van der Waals surface area contributed by atoms with Crippen molar-refractivity contribution in [3.63, 3.8) is 0 Å². The molecule has 0 aliphatic rings. The maximum atomic E-state index is 12.7. The average Bonchev–Trinajstić information content (AvgIpc) is 2.52. The summed E-state index contributed by atoms with van der Waals surface area (Å²) in [5.41, 5.74) is 0.440. The molecule has 2 aromatic rings. The van der Waals surface area contributed by atoms with Crippen LogP contribution in [0.1, 0.15) is 11.1 Å². The molecule has 2 rings (SSSR count). The van der Waals surface area contributed by atoms with Crippen LogP contribution >= 0.6 is 12.2 Å². The van der Waals surface area contributed by atoms with Crippen LogP contribution in [0.25, 0.3) is 0 Å². The third-order valence-corrected chi connectivity index (χ3v) is 3.33. The number of benzene rings is 2. The van der Waals surface area contributed by atoms with Gasteiger partial charge in [-0.05, 0) is 36.5 Å².